The molecule has 0 aliphatic carbocycles. The van der Waals surface area contributed by atoms with E-state index in [-0.39, 0.29) is 20.6 Å². The number of halogens is 1. The molecule has 0 saturated heterocycles. The zero-order valence-electron chi connectivity index (χ0n) is 11.5. The molecular weight excluding hydrogens is 358 g/mol. The third-order valence-electron chi connectivity index (χ3n) is 3.01. The first-order valence-corrected chi connectivity index (χ1v) is 8.98. The number of nitrogens with zero attached hydrogens (tertiary/aromatic N) is 1. The average molecular weight is 368 g/mol. The fourth-order valence-electron chi connectivity index (χ4n) is 1.98. The summed E-state index contributed by atoms with van der Waals surface area (Å²) >= 11 is 7.10. The molecule has 0 radical (unpaired) electrons. The van der Waals surface area contributed by atoms with Crippen LogP contribution in [0.4, 0.5) is 5.69 Å². The second-order valence-electron chi connectivity index (χ2n) is 4.61. The molecule has 3 rings (SSSR count). The first-order valence-electron chi connectivity index (χ1n) is 6.35. The number of primary amides is 1. The van der Waals surface area contributed by atoms with Gasteiger partial charge >= 0.3 is 0 Å². The van der Waals surface area contributed by atoms with Gasteiger partial charge in [0, 0.05) is 10.6 Å². The third-order valence-corrected chi connectivity index (χ3v) is 5.83. The lowest BCUT2D eigenvalue weighted by Gasteiger charge is -2.17. The molecule has 1 aliphatic rings. The number of nitrogens with one attached hydrogen (secondary N) is 1. The predicted molar refractivity (Wildman–Crippen MR) is 90.5 cm³/mol. The van der Waals surface area contributed by atoms with E-state index in [0.29, 0.717) is 10.6 Å². The van der Waals surface area contributed by atoms with Gasteiger partial charge in [-0.15, -0.1) is 4.40 Å². The molecule has 2 aromatic rings. The monoisotopic (exact) mass is 367 g/mol. The van der Waals surface area contributed by atoms with E-state index in [1.54, 1.807) is 12.1 Å². The van der Waals surface area contributed by atoms with Gasteiger partial charge in [-0.1, -0.05) is 29.8 Å². The van der Waals surface area contributed by atoms with Gasteiger partial charge in [-0.2, -0.15) is 8.42 Å². The van der Waals surface area contributed by atoms with E-state index in [4.69, 9.17) is 17.3 Å². The van der Waals surface area contributed by atoms with Gasteiger partial charge < -0.3 is 11.1 Å². The van der Waals surface area contributed by atoms with Gasteiger partial charge in [0.1, 0.15) is 4.90 Å². The summed E-state index contributed by atoms with van der Waals surface area (Å²) in [6, 6.07) is 11.6. The molecule has 1 heterocycles. The molecule has 1 amide bonds. The predicted octanol–water partition coefficient (Wildman–Crippen LogP) is 2.70. The van der Waals surface area contributed by atoms with Crippen LogP contribution >= 0.6 is 23.4 Å². The molecule has 1 aliphatic heterocycles. The van der Waals surface area contributed by atoms with Crippen molar-refractivity contribution in [3.8, 4) is 0 Å². The lowest BCUT2D eigenvalue weighted by atomic mass is 10.2. The molecule has 0 bridgehead atoms. The number of rotatable bonds is 2. The summed E-state index contributed by atoms with van der Waals surface area (Å²) in [6.45, 7) is 0. The summed E-state index contributed by atoms with van der Waals surface area (Å²) in [5, 5.41) is 3.23. The van der Waals surface area contributed by atoms with Gasteiger partial charge in [0.05, 0.1) is 10.6 Å². The topological polar surface area (TPSA) is 102 Å². The Balaban J connectivity index is 2.03. The van der Waals surface area contributed by atoms with Crippen molar-refractivity contribution in [2.45, 2.75) is 9.79 Å². The van der Waals surface area contributed by atoms with E-state index >= 15 is 0 Å². The van der Waals surface area contributed by atoms with Crippen molar-refractivity contribution in [1.82, 2.24) is 0 Å². The quantitative estimate of drug-likeness (QED) is 0.849. The Morgan fingerprint density at radius 2 is 1.91 bits per heavy atom. The number of thioether (sulfide) groups is 1. The Kier molecular flexibility index (Phi) is 4.05. The number of amidine groups is 1. The molecular formula is C14H10ClN3O3S2. The molecule has 0 fully saturated rings. The van der Waals surface area contributed by atoms with Crippen LogP contribution in [0.3, 0.4) is 0 Å². The van der Waals surface area contributed by atoms with Gasteiger partial charge in [-0.25, -0.2) is 0 Å². The van der Waals surface area contributed by atoms with Crippen molar-refractivity contribution < 1.29 is 13.2 Å². The smallest absolute Gasteiger partial charge is 0.285 e. The van der Waals surface area contributed by atoms with E-state index in [1.807, 2.05) is 18.2 Å². The minimum absolute atomic E-state index is 0.0516. The number of nitrogens with two attached hydrogens (primary N) is 1. The van der Waals surface area contributed by atoms with Gasteiger partial charge in [-0.3, -0.25) is 4.79 Å². The molecule has 3 N–H and O–H groups in total. The number of fused-ring (bicyclic) bond motifs is 1. The van der Waals surface area contributed by atoms with Crippen LogP contribution in [0.2, 0.25) is 5.02 Å². The van der Waals surface area contributed by atoms with Crippen molar-refractivity contribution >= 4 is 50.1 Å². The largest absolute Gasteiger partial charge is 0.366 e. The highest BCUT2D eigenvalue weighted by Gasteiger charge is 2.28. The maximum Gasteiger partial charge on any atom is 0.285 e. The van der Waals surface area contributed by atoms with Crippen molar-refractivity contribution in [1.29, 1.82) is 0 Å². The van der Waals surface area contributed by atoms with Crippen LogP contribution in [0.25, 0.3) is 0 Å². The van der Waals surface area contributed by atoms with Crippen LogP contribution in [0.1, 0.15) is 10.4 Å². The zero-order chi connectivity index (χ0) is 16.6. The van der Waals surface area contributed by atoms with Crippen molar-refractivity contribution in [2.24, 2.45) is 10.1 Å². The van der Waals surface area contributed by atoms with E-state index in [2.05, 4.69) is 9.71 Å². The van der Waals surface area contributed by atoms with E-state index in [9.17, 15) is 13.2 Å². The van der Waals surface area contributed by atoms with E-state index in [0.717, 1.165) is 17.8 Å². The second kappa shape index (κ2) is 5.88. The number of sulfonamides is 1. The molecule has 23 heavy (non-hydrogen) atoms. The summed E-state index contributed by atoms with van der Waals surface area (Å²) in [7, 11) is -3.95. The Bertz CT molecular complexity index is 928. The third kappa shape index (κ3) is 3.19. The van der Waals surface area contributed by atoms with Crippen LogP contribution in [0.5, 0.6) is 0 Å². The highest BCUT2D eigenvalue weighted by molar-refractivity contribution is 8.15. The van der Waals surface area contributed by atoms with Crippen LogP contribution in [-0.4, -0.2) is 19.5 Å². The molecule has 0 atom stereocenters. The molecule has 118 valence electrons. The van der Waals surface area contributed by atoms with Gasteiger partial charge in [0.2, 0.25) is 5.91 Å². The van der Waals surface area contributed by atoms with Crippen molar-refractivity contribution in [2.75, 3.05) is 5.32 Å². The molecule has 9 heteroatoms. The number of benzene rings is 2. The summed E-state index contributed by atoms with van der Waals surface area (Å²) in [5.41, 5.74) is 5.85. The summed E-state index contributed by atoms with van der Waals surface area (Å²) in [6.07, 6.45) is 0. The minimum atomic E-state index is -3.95. The van der Waals surface area contributed by atoms with Crippen LogP contribution in [-0.2, 0) is 10.0 Å². The number of carbonyl (C=O) groups excluding carboxylic acids is 1. The molecule has 0 spiro atoms. The number of hydrogen-bond donors (Lipinski definition) is 2. The normalized spacial score (nSPS) is 15.4. The Morgan fingerprint density at radius 1 is 1.22 bits per heavy atom. The van der Waals surface area contributed by atoms with E-state index < -0.39 is 15.9 Å². The fourth-order valence-corrected chi connectivity index (χ4v) is 4.84. The van der Waals surface area contributed by atoms with Gasteiger partial charge in [0.15, 0.2) is 5.17 Å². The standard InChI is InChI=1S/C14H10ClN3O3S2/c15-10-7-11-12(6-9(10)13(16)19)23(20,21)18-14(22-11)17-8-4-2-1-3-5-8/h1-7H,(H2,16,19)(H,17,18). The average Bonchev–Trinajstić information content (AvgIpc) is 2.46. The Labute approximate surface area is 141 Å². The Hall–Kier alpha value is -2.03. The number of carbonyl (C=O) groups is 1. The maximum atomic E-state index is 12.3. The molecule has 2 aromatic carbocycles. The van der Waals surface area contributed by atoms with Crippen LogP contribution < -0.4 is 11.1 Å². The molecule has 0 aromatic heterocycles. The highest BCUT2D eigenvalue weighted by Crippen LogP contribution is 2.37. The summed E-state index contributed by atoms with van der Waals surface area (Å²) < 4.78 is 28.4. The first-order chi connectivity index (χ1) is 10.9. The Morgan fingerprint density at radius 3 is 2.57 bits per heavy atom. The number of anilines is 1. The summed E-state index contributed by atoms with van der Waals surface area (Å²) in [5.74, 6) is -0.796. The highest BCUT2D eigenvalue weighted by atomic mass is 35.5. The summed E-state index contributed by atoms with van der Waals surface area (Å²) in [4.78, 5) is 11.6. The second-order valence-corrected chi connectivity index (χ2v) is 7.62. The number of amides is 1. The van der Waals surface area contributed by atoms with Crippen molar-refractivity contribution in [3.63, 3.8) is 0 Å². The van der Waals surface area contributed by atoms with E-state index in [1.165, 1.54) is 6.07 Å². The number of hydrogen-bond acceptors (Lipinski definition) is 5. The molecule has 0 saturated carbocycles. The first kappa shape index (κ1) is 15.9. The lowest BCUT2D eigenvalue weighted by Crippen LogP contribution is -2.18. The zero-order valence-corrected chi connectivity index (χ0v) is 13.9. The van der Waals surface area contributed by atoms with Crippen molar-refractivity contribution in [3.05, 3.63) is 53.1 Å². The van der Waals surface area contributed by atoms with Gasteiger partial charge in [0.25, 0.3) is 10.0 Å². The maximum absolute atomic E-state index is 12.3. The van der Waals surface area contributed by atoms with Gasteiger partial charge in [-0.05, 0) is 36.0 Å². The molecule has 0 unspecified atom stereocenters. The van der Waals surface area contributed by atoms with Crippen LogP contribution in [0.15, 0.2) is 56.7 Å². The lowest BCUT2D eigenvalue weighted by molar-refractivity contribution is 0.1000. The molecule has 6 nitrogen and oxygen atoms in total. The SMILES string of the molecule is NC(=O)c1cc2c(cc1Cl)SC(Nc1ccccc1)=NS2(=O)=O. The fraction of sp³-hybridized carbons (Fsp3) is 0. The minimum Gasteiger partial charge on any atom is -0.366 e. The number of para-hydroxylation sites is 1. The van der Waals surface area contributed by atoms with Crippen LogP contribution in [0, 0.1) is 0 Å².